The number of nitrogens with zero attached hydrogens (tertiary/aromatic N) is 3. The van der Waals surface area contributed by atoms with Crippen LogP contribution in [-0.2, 0) is 22.6 Å². The molecule has 0 bridgehead atoms. The largest absolute Gasteiger partial charge is 0.337 e. The first kappa shape index (κ1) is 19.9. The van der Waals surface area contributed by atoms with E-state index in [9.17, 15) is 9.59 Å². The van der Waals surface area contributed by atoms with Crippen LogP contribution in [0.4, 0.5) is 16.5 Å². The molecule has 0 saturated heterocycles. The molecule has 1 aliphatic rings. The first-order valence-electron chi connectivity index (χ1n) is 9.01. The zero-order chi connectivity index (χ0) is 20.2. The maximum absolute atomic E-state index is 12.5. The summed E-state index contributed by atoms with van der Waals surface area (Å²) in [6.07, 6.45) is 0.938. The number of rotatable bonds is 6. The molecule has 0 radical (unpaired) electrons. The number of nitrogens with one attached hydrogen (secondary N) is 2. The van der Waals surface area contributed by atoms with Crippen LogP contribution in [0, 0.1) is 0 Å². The lowest BCUT2D eigenvalue weighted by Crippen LogP contribution is -2.36. The number of thiophene rings is 1. The van der Waals surface area contributed by atoms with Crippen LogP contribution in [0.15, 0.2) is 40.1 Å². The Labute approximate surface area is 180 Å². The van der Waals surface area contributed by atoms with E-state index >= 15 is 0 Å². The summed E-state index contributed by atoms with van der Waals surface area (Å²) < 4.78 is 0.743. The normalized spacial score (nSPS) is 13.1. The highest BCUT2D eigenvalue weighted by atomic mass is 32.2. The van der Waals surface area contributed by atoms with Crippen LogP contribution in [0.3, 0.4) is 0 Å². The molecule has 0 fully saturated rings. The first-order chi connectivity index (χ1) is 14.1. The van der Waals surface area contributed by atoms with Crippen LogP contribution in [0.25, 0.3) is 0 Å². The second kappa shape index (κ2) is 8.93. The highest BCUT2D eigenvalue weighted by Gasteiger charge is 2.21. The molecule has 2 aromatic heterocycles. The van der Waals surface area contributed by atoms with Crippen LogP contribution >= 0.6 is 34.4 Å². The van der Waals surface area contributed by atoms with Gasteiger partial charge in [0.2, 0.25) is 16.9 Å². The van der Waals surface area contributed by atoms with E-state index in [-0.39, 0.29) is 11.8 Å². The summed E-state index contributed by atoms with van der Waals surface area (Å²) in [6, 6.07) is 9.49. The molecule has 0 unspecified atom stereocenters. The minimum Gasteiger partial charge on any atom is -0.337 e. The number of amides is 2. The fourth-order valence-corrected chi connectivity index (χ4v) is 5.56. The number of carbonyl (C=O) groups excluding carboxylic acids is 2. The van der Waals surface area contributed by atoms with Crippen LogP contribution in [0.5, 0.6) is 0 Å². The highest BCUT2D eigenvalue weighted by molar-refractivity contribution is 8.01. The van der Waals surface area contributed by atoms with Crippen molar-refractivity contribution in [2.24, 2.45) is 0 Å². The quantitative estimate of drug-likeness (QED) is 0.558. The predicted octanol–water partition coefficient (Wildman–Crippen LogP) is 3.98. The third-order valence-corrected chi connectivity index (χ3v) is 7.30. The van der Waals surface area contributed by atoms with E-state index in [4.69, 9.17) is 0 Å². The van der Waals surface area contributed by atoms with Gasteiger partial charge in [-0.25, -0.2) is 0 Å². The molecule has 29 heavy (non-hydrogen) atoms. The first-order valence-corrected chi connectivity index (χ1v) is 11.7. The average Bonchev–Trinajstić information content (AvgIpc) is 3.34. The molecular formula is C19H19N5O2S3. The van der Waals surface area contributed by atoms with Gasteiger partial charge in [-0.1, -0.05) is 29.2 Å². The topological polar surface area (TPSA) is 87.2 Å². The van der Waals surface area contributed by atoms with E-state index in [1.54, 1.807) is 11.3 Å². The Bertz CT molecular complexity index is 1030. The van der Waals surface area contributed by atoms with Gasteiger partial charge in [-0.3, -0.25) is 9.59 Å². The van der Waals surface area contributed by atoms with Crippen molar-refractivity contribution >= 4 is 62.8 Å². The number of thioether (sulfide) groups is 1. The molecule has 0 spiro atoms. The van der Waals surface area contributed by atoms with Crippen LogP contribution in [0.2, 0.25) is 0 Å². The monoisotopic (exact) mass is 445 g/mol. The molecule has 150 valence electrons. The number of benzene rings is 1. The molecule has 3 aromatic rings. The summed E-state index contributed by atoms with van der Waals surface area (Å²) >= 11 is 4.58. The summed E-state index contributed by atoms with van der Waals surface area (Å²) in [5.41, 5.74) is 2.78. The van der Waals surface area contributed by atoms with Crippen molar-refractivity contribution in [2.75, 3.05) is 22.9 Å². The third kappa shape index (κ3) is 5.14. The maximum Gasteiger partial charge on any atom is 0.233 e. The Hall–Kier alpha value is -2.43. The lowest BCUT2D eigenvalue weighted by molar-refractivity contribution is -0.129. The number of hydrogen-bond donors (Lipinski definition) is 2. The lowest BCUT2D eigenvalue weighted by Gasteiger charge is -2.26. The van der Waals surface area contributed by atoms with Gasteiger partial charge < -0.3 is 15.5 Å². The Morgan fingerprint density at radius 3 is 2.97 bits per heavy atom. The summed E-state index contributed by atoms with van der Waals surface area (Å²) in [7, 11) is 0. The van der Waals surface area contributed by atoms with Gasteiger partial charge in [0.25, 0.3) is 0 Å². The molecule has 3 heterocycles. The minimum absolute atomic E-state index is 0.120. The summed E-state index contributed by atoms with van der Waals surface area (Å²) in [5.74, 6) is 0.358. The van der Waals surface area contributed by atoms with Crippen LogP contribution in [0.1, 0.15) is 17.4 Å². The number of aromatic nitrogens is 2. The molecule has 10 heteroatoms. The minimum atomic E-state index is -0.120. The Morgan fingerprint density at radius 2 is 2.10 bits per heavy atom. The molecule has 0 saturated carbocycles. The highest BCUT2D eigenvalue weighted by Crippen LogP contribution is 2.29. The lowest BCUT2D eigenvalue weighted by atomic mass is 10.1. The van der Waals surface area contributed by atoms with Crippen molar-refractivity contribution in [1.82, 2.24) is 15.1 Å². The van der Waals surface area contributed by atoms with E-state index in [1.165, 1.54) is 40.5 Å². The van der Waals surface area contributed by atoms with Crippen molar-refractivity contribution in [3.8, 4) is 0 Å². The van der Waals surface area contributed by atoms with Crippen molar-refractivity contribution in [3.05, 3.63) is 46.2 Å². The van der Waals surface area contributed by atoms with E-state index in [2.05, 4.69) is 32.3 Å². The fourth-order valence-electron chi connectivity index (χ4n) is 3.00. The molecule has 1 aliphatic heterocycles. The SMILES string of the molecule is CC(=O)Nc1cccc(Nc2nnc(SCC(=O)N3CCc4sccc4C3)s2)c1. The van der Waals surface area contributed by atoms with Gasteiger partial charge in [-0.05, 0) is 41.6 Å². The van der Waals surface area contributed by atoms with Crippen molar-refractivity contribution < 1.29 is 9.59 Å². The van der Waals surface area contributed by atoms with Crippen molar-refractivity contribution in [2.45, 2.75) is 24.2 Å². The van der Waals surface area contributed by atoms with Crippen molar-refractivity contribution in [1.29, 1.82) is 0 Å². The van der Waals surface area contributed by atoms with Gasteiger partial charge in [-0.15, -0.1) is 21.5 Å². The van der Waals surface area contributed by atoms with Gasteiger partial charge in [-0.2, -0.15) is 0 Å². The van der Waals surface area contributed by atoms with E-state index in [0.29, 0.717) is 23.1 Å². The zero-order valence-corrected chi connectivity index (χ0v) is 18.1. The molecule has 1 aromatic carbocycles. The molecule has 2 amide bonds. The summed E-state index contributed by atoms with van der Waals surface area (Å²) in [5, 5.41) is 17.0. The molecule has 2 N–H and O–H groups in total. The van der Waals surface area contributed by atoms with Gasteiger partial charge in [0.1, 0.15) is 0 Å². The van der Waals surface area contributed by atoms with E-state index < -0.39 is 0 Å². The zero-order valence-electron chi connectivity index (χ0n) is 15.7. The van der Waals surface area contributed by atoms with Crippen LogP contribution in [-0.4, -0.2) is 39.2 Å². The molecular weight excluding hydrogens is 426 g/mol. The average molecular weight is 446 g/mol. The Balaban J connectivity index is 1.30. The predicted molar refractivity (Wildman–Crippen MR) is 118 cm³/mol. The molecule has 0 atom stereocenters. The third-order valence-electron chi connectivity index (χ3n) is 4.32. The molecule has 7 nitrogen and oxygen atoms in total. The molecule has 0 aliphatic carbocycles. The number of carbonyl (C=O) groups is 2. The summed E-state index contributed by atoms with van der Waals surface area (Å²) in [6.45, 7) is 2.95. The standard InChI is InChI=1S/C19H19N5O2S3/c1-12(25)20-14-3-2-4-15(9-14)21-18-22-23-19(29-18)28-11-17(26)24-7-5-16-13(10-24)6-8-27-16/h2-4,6,8-9H,5,7,10-11H2,1H3,(H,20,25)(H,21,22). The van der Waals surface area contributed by atoms with Crippen molar-refractivity contribution in [3.63, 3.8) is 0 Å². The molecule has 4 rings (SSSR count). The maximum atomic E-state index is 12.5. The smallest absolute Gasteiger partial charge is 0.233 e. The number of hydrogen-bond acceptors (Lipinski definition) is 8. The van der Waals surface area contributed by atoms with Gasteiger partial charge in [0.15, 0.2) is 4.34 Å². The van der Waals surface area contributed by atoms with Gasteiger partial charge in [0.05, 0.1) is 5.75 Å². The fraction of sp³-hybridized carbons (Fsp3) is 0.263. The van der Waals surface area contributed by atoms with E-state index in [0.717, 1.165) is 23.0 Å². The number of fused-ring (bicyclic) bond motifs is 1. The summed E-state index contributed by atoms with van der Waals surface area (Å²) in [4.78, 5) is 27.0. The number of anilines is 3. The Kier molecular flexibility index (Phi) is 6.12. The second-order valence-corrected chi connectivity index (χ2v) is 9.68. The van der Waals surface area contributed by atoms with Crippen LogP contribution < -0.4 is 10.6 Å². The van der Waals surface area contributed by atoms with Gasteiger partial charge in [0, 0.05) is 36.3 Å². The Morgan fingerprint density at radius 1 is 1.24 bits per heavy atom. The van der Waals surface area contributed by atoms with E-state index in [1.807, 2.05) is 29.2 Å². The van der Waals surface area contributed by atoms with Gasteiger partial charge >= 0.3 is 0 Å². The second-order valence-electron chi connectivity index (χ2n) is 6.48.